The summed E-state index contributed by atoms with van der Waals surface area (Å²) >= 11 is 0. The fraction of sp³-hybridized carbons (Fsp3) is 0.357. The van der Waals surface area contributed by atoms with E-state index >= 15 is 0 Å². The number of aryl methyl sites for hydroxylation is 1. The highest BCUT2D eigenvalue weighted by Crippen LogP contribution is 2.15. The van der Waals surface area contributed by atoms with Crippen LogP contribution in [0.3, 0.4) is 0 Å². The first kappa shape index (κ1) is 12.7. The second-order valence-electron chi connectivity index (χ2n) is 4.76. The van der Waals surface area contributed by atoms with Crippen molar-refractivity contribution in [3.63, 3.8) is 0 Å². The van der Waals surface area contributed by atoms with Crippen LogP contribution in [0.5, 0.6) is 0 Å². The summed E-state index contributed by atoms with van der Waals surface area (Å²) in [6.45, 7) is 4.64. The van der Waals surface area contributed by atoms with Gasteiger partial charge in [-0.05, 0) is 19.1 Å². The van der Waals surface area contributed by atoms with Gasteiger partial charge in [0.05, 0.1) is 6.26 Å². The summed E-state index contributed by atoms with van der Waals surface area (Å²) in [5.41, 5.74) is 0.879. The Morgan fingerprint density at radius 2 is 1.90 bits per heavy atom. The predicted octanol–water partition coefficient (Wildman–Crippen LogP) is 1.34. The molecule has 0 radical (unpaired) electrons. The molecule has 104 valence electrons. The summed E-state index contributed by atoms with van der Waals surface area (Å²) in [6.07, 6.45) is 5.01. The molecule has 0 N–H and O–H groups in total. The summed E-state index contributed by atoms with van der Waals surface area (Å²) in [7, 11) is 0. The number of amides is 1. The maximum Gasteiger partial charge on any atom is 0.289 e. The van der Waals surface area contributed by atoms with Crippen molar-refractivity contribution in [1.29, 1.82) is 0 Å². The molecule has 20 heavy (non-hydrogen) atoms. The van der Waals surface area contributed by atoms with Gasteiger partial charge in [0.2, 0.25) is 5.95 Å². The highest BCUT2D eigenvalue weighted by atomic mass is 16.3. The molecule has 0 aliphatic carbocycles. The van der Waals surface area contributed by atoms with Crippen LogP contribution >= 0.6 is 0 Å². The molecule has 0 bridgehead atoms. The number of hydrogen-bond donors (Lipinski definition) is 0. The molecule has 0 atom stereocenters. The SMILES string of the molecule is Cc1ccoc1C(=O)N1CCN(c2ncccn2)CC1. The molecule has 0 unspecified atom stereocenters. The highest BCUT2D eigenvalue weighted by Gasteiger charge is 2.25. The molecule has 1 amide bonds. The van der Waals surface area contributed by atoms with Gasteiger partial charge >= 0.3 is 0 Å². The Morgan fingerprint density at radius 3 is 2.50 bits per heavy atom. The van der Waals surface area contributed by atoms with Gasteiger partial charge in [-0.25, -0.2) is 9.97 Å². The van der Waals surface area contributed by atoms with Gasteiger partial charge in [0.25, 0.3) is 5.91 Å². The van der Waals surface area contributed by atoms with E-state index in [-0.39, 0.29) is 5.91 Å². The fourth-order valence-electron chi connectivity index (χ4n) is 2.30. The zero-order valence-corrected chi connectivity index (χ0v) is 11.3. The minimum Gasteiger partial charge on any atom is -0.459 e. The normalized spacial score (nSPS) is 15.4. The molecule has 1 saturated heterocycles. The lowest BCUT2D eigenvalue weighted by Crippen LogP contribution is -2.49. The quantitative estimate of drug-likeness (QED) is 0.825. The minimum absolute atomic E-state index is 0.0406. The van der Waals surface area contributed by atoms with Crippen LogP contribution in [0.1, 0.15) is 16.1 Å². The molecular formula is C14H16N4O2. The van der Waals surface area contributed by atoms with E-state index in [0.29, 0.717) is 24.8 Å². The lowest BCUT2D eigenvalue weighted by atomic mass is 10.2. The highest BCUT2D eigenvalue weighted by molar-refractivity contribution is 5.93. The van der Waals surface area contributed by atoms with E-state index in [4.69, 9.17) is 4.42 Å². The van der Waals surface area contributed by atoms with Gasteiger partial charge < -0.3 is 14.2 Å². The predicted molar refractivity (Wildman–Crippen MR) is 73.6 cm³/mol. The Bertz CT molecular complexity index is 588. The molecule has 6 heteroatoms. The topological polar surface area (TPSA) is 62.5 Å². The number of rotatable bonds is 2. The summed E-state index contributed by atoms with van der Waals surface area (Å²) in [6, 6.07) is 3.60. The van der Waals surface area contributed by atoms with Crippen molar-refractivity contribution in [2.75, 3.05) is 31.1 Å². The Labute approximate surface area is 117 Å². The Kier molecular flexibility index (Phi) is 3.37. The average molecular weight is 272 g/mol. The van der Waals surface area contributed by atoms with Crippen LogP contribution in [0.2, 0.25) is 0 Å². The molecule has 6 nitrogen and oxygen atoms in total. The molecule has 3 rings (SSSR count). The van der Waals surface area contributed by atoms with Crippen LogP contribution < -0.4 is 4.90 Å². The van der Waals surface area contributed by atoms with Crippen molar-refractivity contribution in [3.05, 3.63) is 42.1 Å². The Hall–Kier alpha value is -2.37. The lowest BCUT2D eigenvalue weighted by molar-refractivity contribution is 0.0713. The standard InChI is InChI=1S/C14H16N4O2/c1-11-3-10-20-12(11)13(19)17-6-8-18(9-7-17)14-15-4-2-5-16-14/h2-5,10H,6-9H2,1H3. The van der Waals surface area contributed by atoms with Crippen molar-refractivity contribution in [3.8, 4) is 0 Å². The van der Waals surface area contributed by atoms with Crippen LogP contribution in [-0.2, 0) is 0 Å². The Balaban J connectivity index is 1.64. The fourth-order valence-corrected chi connectivity index (χ4v) is 2.30. The second kappa shape index (κ2) is 5.32. The third-order valence-corrected chi connectivity index (χ3v) is 3.46. The molecule has 0 saturated carbocycles. The number of anilines is 1. The maximum absolute atomic E-state index is 12.3. The van der Waals surface area contributed by atoms with E-state index in [9.17, 15) is 4.79 Å². The molecule has 1 fully saturated rings. The molecular weight excluding hydrogens is 256 g/mol. The third-order valence-electron chi connectivity index (χ3n) is 3.46. The monoisotopic (exact) mass is 272 g/mol. The molecule has 1 aliphatic heterocycles. The molecule has 0 aromatic carbocycles. The molecule has 3 heterocycles. The van der Waals surface area contributed by atoms with Crippen molar-refractivity contribution < 1.29 is 9.21 Å². The number of aromatic nitrogens is 2. The van der Waals surface area contributed by atoms with E-state index in [1.165, 1.54) is 0 Å². The van der Waals surface area contributed by atoms with Gasteiger partial charge in [-0.2, -0.15) is 0 Å². The summed E-state index contributed by atoms with van der Waals surface area (Å²) in [5, 5.41) is 0. The molecule has 2 aromatic rings. The Morgan fingerprint density at radius 1 is 1.20 bits per heavy atom. The van der Waals surface area contributed by atoms with Crippen molar-refractivity contribution in [2.24, 2.45) is 0 Å². The van der Waals surface area contributed by atoms with E-state index in [1.54, 1.807) is 30.8 Å². The largest absolute Gasteiger partial charge is 0.459 e. The summed E-state index contributed by atoms with van der Waals surface area (Å²) in [5.74, 6) is 1.12. The van der Waals surface area contributed by atoms with E-state index in [2.05, 4.69) is 14.9 Å². The van der Waals surface area contributed by atoms with Crippen molar-refractivity contribution >= 4 is 11.9 Å². The average Bonchev–Trinajstić information content (AvgIpc) is 2.94. The second-order valence-corrected chi connectivity index (χ2v) is 4.76. The van der Waals surface area contributed by atoms with Crippen LogP contribution in [0.4, 0.5) is 5.95 Å². The van der Waals surface area contributed by atoms with Gasteiger partial charge in [-0.15, -0.1) is 0 Å². The van der Waals surface area contributed by atoms with E-state index in [1.807, 2.05) is 11.8 Å². The number of carbonyl (C=O) groups excluding carboxylic acids is 1. The maximum atomic E-state index is 12.3. The minimum atomic E-state index is -0.0406. The van der Waals surface area contributed by atoms with Gasteiger partial charge in [0.1, 0.15) is 0 Å². The van der Waals surface area contributed by atoms with Crippen LogP contribution in [0.25, 0.3) is 0 Å². The van der Waals surface area contributed by atoms with Gasteiger partial charge in [0, 0.05) is 44.1 Å². The first-order valence-corrected chi connectivity index (χ1v) is 6.61. The first-order valence-electron chi connectivity index (χ1n) is 6.61. The number of hydrogen-bond acceptors (Lipinski definition) is 5. The van der Waals surface area contributed by atoms with Crippen molar-refractivity contribution in [2.45, 2.75) is 6.92 Å². The molecule has 1 aliphatic rings. The van der Waals surface area contributed by atoms with Crippen LogP contribution in [-0.4, -0.2) is 47.0 Å². The van der Waals surface area contributed by atoms with Crippen molar-refractivity contribution in [1.82, 2.24) is 14.9 Å². The number of furan rings is 1. The molecule has 2 aromatic heterocycles. The van der Waals surface area contributed by atoms with E-state index in [0.717, 1.165) is 18.7 Å². The van der Waals surface area contributed by atoms with Crippen LogP contribution in [0.15, 0.2) is 35.2 Å². The number of piperazine rings is 1. The summed E-state index contributed by atoms with van der Waals surface area (Å²) < 4.78 is 5.26. The van der Waals surface area contributed by atoms with Gasteiger partial charge in [-0.1, -0.05) is 0 Å². The first-order chi connectivity index (χ1) is 9.75. The zero-order valence-electron chi connectivity index (χ0n) is 11.3. The summed E-state index contributed by atoms with van der Waals surface area (Å²) in [4.78, 5) is 24.7. The van der Waals surface area contributed by atoms with E-state index < -0.39 is 0 Å². The smallest absolute Gasteiger partial charge is 0.289 e. The molecule has 0 spiro atoms. The third kappa shape index (κ3) is 2.36. The lowest BCUT2D eigenvalue weighted by Gasteiger charge is -2.34. The number of carbonyl (C=O) groups is 1. The van der Waals surface area contributed by atoms with Gasteiger partial charge in [-0.3, -0.25) is 4.79 Å². The van der Waals surface area contributed by atoms with Gasteiger partial charge in [0.15, 0.2) is 5.76 Å². The zero-order chi connectivity index (χ0) is 13.9. The van der Waals surface area contributed by atoms with Crippen LogP contribution in [0, 0.1) is 6.92 Å². The number of nitrogens with zero attached hydrogens (tertiary/aromatic N) is 4.